The van der Waals surface area contributed by atoms with Crippen LogP contribution in [0.5, 0.6) is 0 Å². The predicted octanol–water partition coefficient (Wildman–Crippen LogP) is 0.611. The van der Waals surface area contributed by atoms with Crippen molar-refractivity contribution in [3.05, 3.63) is 37.6 Å². The average Bonchev–Trinajstić information content (AvgIpc) is 1.69. The average molecular weight is 189 g/mol. The molecule has 0 saturated heterocycles. The van der Waals surface area contributed by atoms with Gasteiger partial charge in [-0.25, -0.2) is 0 Å². The van der Waals surface area contributed by atoms with Gasteiger partial charge in [0.05, 0.1) is 12.4 Å². The Kier molecular flexibility index (Phi) is 3.54. The molecular formula is C6H7MoN. The number of pyridine rings is 1. The molecule has 0 aromatic carbocycles. The fraction of sp³-hybridized carbons (Fsp3) is 0. The molecule has 0 atom stereocenters. The Morgan fingerprint density at radius 3 is 1.75 bits per heavy atom. The minimum absolute atomic E-state index is 0. The van der Waals surface area contributed by atoms with Gasteiger partial charge in [0, 0.05) is 28.1 Å². The van der Waals surface area contributed by atoms with Gasteiger partial charge in [-0.2, -0.15) is 0 Å². The molecule has 0 aliphatic rings. The summed E-state index contributed by atoms with van der Waals surface area (Å²) in [4.78, 5) is 0. The van der Waals surface area contributed by atoms with Gasteiger partial charge in [-0.1, -0.05) is 18.2 Å². The van der Waals surface area contributed by atoms with Gasteiger partial charge >= 0.3 is 0 Å². The Morgan fingerprint density at radius 1 is 1.00 bits per heavy atom. The maximum absolute atomic E-state index is 3.64. The number of hydrogen-bond donors (Lipinski definition) is 0. The third-order valence-corrected chi connectivity index (χ3v) is 0.777. The SMILES string of the molecule is [CH2-][n+]1ccccc1.[Mo]. The van der Waals surface area contributed by atoms with Crippen LogP contribution in [0.3, 0.4) is 0 Å². The monoisotopic (exact) mass is 191 g/mol. The van der Waals surface area contributed by atoms with Gasteiger partial charge in [0.2, 0.25) is 0 Å². The molecule has 1 rings (SSSR count). The van der Waals surface area contributed by atoms with Crippen molar-refractivity contribution in [2.45, 2.75) is 0 Å². The van der Waals surface area contributed by atoms with Gasteiger partial charge in [0.25, 0.3) is 0 Å². The quantitative estimate of drug-likeness (QED) is 0.320. The summed E-state index contributed by atoms with van der Waals surface area (Å²) in [7, 11) is 3.64. The molecule has 1 nitrogen and oxygen atoms in total. The summed E-state index contributed by atoms with van der Waals surface area (Å²) in [6, 6.07) is 5.84. The molecule has 0 amide bonds. The molecule has 0 aliphatic carbocycles. The molecule has 0 unspecified atom stereocenters. The van der Waals surface area contributed by atoms with Crippen molar-refractivity contribution < 1.29 is 25.6 Å². The molecule has 1 heterocycles. The Morgan fingerprint density at radius 2 is 1.50 bits per heavy atom. The number of aromatic nitrogens is 1. The van der Waals surface area contributed by atoms with Crippen LogP contribution in [-0.2, 0) is 21.1 Å². The van der Waals surface area contributed by atoms with Crippen LogP contribution in [0, 0.1) is 7.05 Å². The van der Waals surface area contributed by atoms with Crippen molar-refractivity contribution >= 4 is 0 Å². The summed E-state index contributed by atoms with van der Waals surface area (Å²) < 4.78 is 1.75. The van der Waals surface area contributed by atoms with Crippen LogP contribution < -0.4 is 4.57 Å². The van der Waals surface area contributed by atoms with Crippen LogP contribution in [0.2, 0.25) is 0 Å². The zero-order valence-electron chi connectivity index (χ0n) is 4.45. The van der Waals surface area contributed by atoms with Crippen LogP contribution >= 0.6 is 0 Å². The Hall–Kier alpha value is -0.292. The van der Waals surface area contributed by atoms with E-state index in [4.69, 9.17) is 0 Å². The third kappa shape index (κ3) is 2.13. The van der Waals surface area contributed by atoms with E-state index in [0.29, 0.717) is 0 Å². The molecule has 42 valence electrons. The zero-order valence-corrected chi connectivity index (χ0v) is 6.46. The Bertz CT molecular complexity index is 138. The Balaban J connectivity index is 0.000000490. The summed E-state index contributed by atoms with van der Waals surface area (Å²) in [5.41, 5.74) is 0. The van der Waals surface area contributed by atoms with E-state index < -0.39 is 0 Å². The van der Waals surface area contributed by atoms with Crippen LogP contribution in [0.4, 0.5) is 0 Å². The molecule has 1 aromatic rings. The van der Waals surface area contributed by atoms with Crippen LogP contribution in [0.25, 0.3) is 0 Å². The molecule has 0 bridgehead atoms. The first-order valence-corrected chi connectivity index (χ1v) is 2.17. The van der Waals surface area contributed by atoms with Crippen molar-refractivity contribution in [2.75, 3.05) is 0 Å². The molecule has 0 radical (unpaired) electrons. The molecule has 1 aromatic heterocycles. The van der Waals surface area contributed by atoms with E-state index in [9.17, 15) is 0 Å². The largest absolute Gasteiger partial charge is 0.339 e. The van der Waals surface area contributed by atoms with Crippen LogP contribution in [-0.4, -0.2) is 0 Å². The van der Waals surface area contributed by atoms with Gasteiger partial charge in [0.1, 0.15) is 0 Å². The second-order valence-corrected chi connectivity index (χ2v) is 1.39. The minimum atomic E-state index is 0. The van der Waals surface area contributed by atoms with E-state index in [1.54, 1.807) is 4.57 Å². The van der Waals surface area contributed by atoms with E-state index >= 15 is 0 Å². The normalized spacial score (nSPS) is 7.50. The zero-order chi connectivity index (χ0) is 5.11. The van der Waals surface area contributed by atoms with Crippen molar-refractivity contribution in [3.63, 3.8) is 0 Å². The summed E-state index contributed by atoms with van der Waals surface area (Å²) in [6.07, 6.45) is 3.78. The van der Waals surface area contributed by atoms with Crippen molar-refractivity contribution in [1.82, 2.24) is 0 Å². The van der Waals surface area contributed by atoms with E-state index in [2.05, 4.69) is 7.05 Å². The van der Waals surface area contributed by atoms with E-state index in [-0.39, 0.29) is 21.1 Å². The molecule has 2 heteroatoms. The van der Waals surface area contributed by atoms with Gasteiger partial charge < -0.3 is 4.57 Å². The van der Waals surface area contributed by atoms with Crippen LogP contribution in [0.15, 0.2) is 30.6 Å². The Labute approximate surface area is 63.6 Å². The first-order chi connectivity index (χ1) is 3.39. The molecule has 0 aliphatic heterocycles. The third-order valence-electron chi connectivity index (χ3n) is 0.777. The van der Waals surface area contributed by atoms with E-state index in [0.717, 1.165) is 0 Å². The molecule has 0 fully saturated rings. The van der Waals surface area contributed by atoms with Gasteiger partial charge in [0.15, 0.2) is 0 Å². The van der Waals surface area contributed by atoms with Gasteiger partial charge in [-0.05, 0) is 0 Å². The molecule has 0 N–H and O–H groups in total. The van der Waals surface area contributed by atoms with Gasteiger partial charge in [-0.3, -0.25) is 0 Å². The van der Waals surface area contributed by atoms with E-state index in [1.807, 2.05) is 30.6 Å². The number of hydrogen-bond acceptors (Lipinski definition) is 0. The molecule has 0 spiro atoms. The predicted molar refractivity (Wildman–Crippen MR) is 27.4 cm³/mol. The van der Waals surface area contributed by atoms with Crippen LogP contribution in [0.1, 0.15) is 0 Å². The van der Waals surface area contributed by atoms with E-state index in [1.165, 1.54) is 0 Å². The maximum Gasteiger partial charge on any atom is 0.0689 e. The second kappa shape index (κ2) is 3.68. The minimum Gasteiger partial charge on any atom is -0.339 e. The second-order valence-electron chi connectivity index (χ2n) is 1.39. The smallest absolute Gasteiger partial charge is 0.0689 e. The topological polar surface area (TPSA) is 3.88 Å². The van der Waals surface area contributed by atoms with Crippen molar-refractivity contribution in [2.24, 2.45) is 0 Å². The fourth-order valence-electron chi connectivity index (χ4n) is 0.434. The molecular weight excluding hydrogens is 182 g/mol. The maximum atomic E-state index is 3.64. The standard InChI is InChI=1S/C6H7N.Mo/c1-7-5-3-2-4-6-7;/h2-6H,1H2;. The van der Waals surface area contributed by atoms with Gasteiger partial charge in [-0.15, -0.1) is 0 Å². The summed E-state index contributed by atoms with van der Waals surface area (Å²) in [6.45, 7) is 0. The summed E-state index contributed by atoms with van der Waals surface area (Å²) in [5.74, 6) is 0. The van der Waals surface area contributed by atoms with Crippen molar-refractivity contribution in [1.29, 1.82) is 0 Å². The summed E-state index contributed by atoms with van der Waals surface area (Å²) in [5, 5.41) is 0. The first kappa shape index (κ1) is 7.71. The number of rotatable bonds is 0. The summed E-state index contributed by atoms with van der Waals surface area (Å²) >= 11 is 0. The number of nitrogens with zero attached hydrogens (tertiary/aromatic N) is 1. The molecule has 0 saturated carbocycles. The first-order valence-electron chi connectivity index (χ1n) is 2.17. The van der Waals surface area contributed by atoms with Crippen molar-refractivity contribution in [3.8, 4) is 0 Å². The molecule has 8 heavy (non-hydrogen) atoms. The fourth-order valence-corrected chi connectivity index (χ4v) is 0.434.